The van der Waals surface area contributed by atoms with E-state index in [1.165, 1.54) is 75.0 Å². The first-order valence-corrected chi connectivity index (χ1v) is 9.32. The van der Waals surface area contributed by atoms with Crippen molar-refractivity contribution in [3.63, 3.8) is 0 Å². The number of unbranched alkanes of at least 4 members (excludes halogenated alkanes) is 9. The third kappa shape index (κ3) is 8.87. The van der Waals surface area contributed by atoms with E-state index < -0.39 is 0 Å². The maximum atomic E-state index is 2.28. The minimum absolute atomic E-state index is 1.31. The second-order valence-electron chi connectivity index (χ2n) is 6.18. The van der Waals surface area contributed by atoms with Crippen LogP contribution in [-0.4, -0.2) is 0 Å². The maximum Gasteiger partial charge on any atom is -0.0184 e. The van der Waals surface area contributed by atoms with E-state index in [-0.39, 0.29) is 0 Å². The zero-order chi connectivity index (χ0) is 15.9. The van der Waals surface area contributed by atoms with E-state index in [4.69, 9.17) is 0 Å². The monoisotopic (exact) mass is 298 g/mol. The predicted octanol–water partition coefficient (Wildman–Crippen LogP) is 7.77. The molecule has 0 heteroatoms. The Bertz CT molecular complexity index is 397. The standard InChI is InChI=1S/C12H26.C10H8/c1-3-5-7-9-11-12-10-8-6-4-2;1-2-6-10-8-4-3-7-9(10)5-1/h3-12H2,1-2H3;1-8H. The molecule has 2 aromatic carbocycles. The molecule has 2 rings (SSSR count). The van der Waals surface area contributed by atoms with Crippen LogP contribution in [-0.2, 0) is 0 Å². The first-order valence-electron chi connectivity index (χ1n) is 9.32. The third-order valence-electron chi connectivity index (χ3n) is 4.12. The van der Waals surface area contributed by atoms with Crippen LogP contribution >= 0.6 is 0 Å². The summed E-state index contributed by atoms with van der Waals surface area (Å²) in [6.45, 7) is 4.56. The van der Waals surface area contributed by atoms with E-state index >= 15 is 0 Å². The average molecular weight is 299 g/mol. The fraction of sp³-hybridized carbons (Fsp3) is 0.545. The van der Waals surface area contributed by atoms with Gasteiger partial charge in [-0.25, -0.2) is 0 Å². The number of fused-ring (bicyclic) bond motifs is 1. The lowest BCUT2D eigenvalue weighted by Gasteiger charge is -1.99. The molecule has 0 heterocycles. The average Bonchev–Trinajstić information content (AvgIpc) is 2.58. The zero-order valence-electron chi connectivity index (χ0n) is 14.7. The Morgan fingerprint density at radius 1 is 0.455 bits per heavy atom. The van der Waals surface area contributed by atoms with Crippen LogP contribution in [0.3, 0.4) is 0 Å². The smallest absolute Gasteiger partial charge is 0.0184 e. The number of hydrogen-bond acceptors (Lipinski definition) is 0. The summed E-state index contributed by atoms with van der Waals surface area (Å²) in [6, 6.07) is 16.7. The van der Waals surface area contributed by atoms with Crippen molar-refractivity contribution in [3.05, 3.63) is 48.5 Å². The third-order valence-corrected chi connectivity index (χ3v) is 4.12. The summed E-state index contributed by atoms with van der Waals surface area (Å²) in [4.78, 5) is 0. The largest absolute Gasteiger partial charge is 0.0654 e. The molecule has 0 saturated carbocycles. The highest BCUT2D eigenvalue weighted by Gasteiger charge is 1.90. The van der Waals surface area contributed by atoms with Crippen LogP contribution in [0.2, 0.25) is 0 Å². The molecule has 122 valence electrons. The molecule has 0 unspecified atom stereocenters. The van der Waals surface area contributed by atoms with Crippen molar-refractivity contribution in [1.29, 1.82) is 0 Å². The lowest BCUT2D eigenvalue weighted by atomic mass is 10.1. The van der Waals surface area contributed by atoms with Crippen molar-refractivity contribution >= 4 is 10.8 Å². The van der Waals surface area contributed by atoms with Crippen LogP contribution in [0.15, 0.2) is 48.5 Å². The Kier molecular flexibility index (Phi) is 11.4. The SMILES string of the molecule is CCCCCCCCCCCC.c1ccc2ccccc2c1. The van der Waals surface area contributed by atoms with Crippen molar-refractivity contribution in [2.45, 2.75) is 78.1 Å². The molecule has 0 aromatic heterocycles. The number of benzene rings is 2. The van der Waals surface area contributed by atoms with Gasteiger partial charge in [0.1, 0.15) is 0 Å². The van der Waals surface area contributed by atoms with Crippen molar-refractivity contribution in [2.75, 3.05) is 0 Å². The number of rotatable bonds is 9. The highest BCUT2D eigenvalue weighted by atomic mass is 14.0. The molecular weight excluding hydrogens is 264 g/mol. The van der Waals surface area contributed by atoms with Gasteiger partial charge < -0.3 is 0 Å². The van der Waals surface area contributed by atoms with Crippen molar-refractivity contribution in [2.24, 2.45) is 0 Å². The summed E-state index contributed by atoms with van der Waals surface area (Å²) in [5.41, 5.74) is 0. The fourth-order valence-electron chi connectivity index (χ4n) is 2.69. The molecule has 0 aliphatic rings. The van der Waals surface area contributed by atoms with Gasteiger partial charge in [0.05, 0.1) is 0 Å². The van der Waals surface area contributed by atoms with E-state index in [1.807, 2.05) is 0 Å². The minimum atomic E-state index is 1.31. The molecule has 0 aliphatic carbocycles. The predicted molar refractivity (Wildman–Crippen MR) is 101 cm³/mol. The zero-order valence-corrected chi connectivity index (χ0v) is 14.7. The van der Waals surface area contributed by atoms with Crippen molar-refractivity contribution < 1.29 is 0 Å². The fourth-order valence-corrected chi connectivity index (χ4v) is 2.69. The van der Waals surface area contributed by atoms with Gasteiger partial charge in [-0.3, -0.25) is 0 Å². The molecule has 0 fully saturated rings. The molecule has 0 amide bonds. The molecule has 0 nitrogen and oxygen atoms in total. The maximum absolute atomic E-state index is 2.28. The highest BCUT2D eigenvalue weighted by Crippen LogP contribution is 2.11. The molecule has 0 aliphatic heterocycles. The Morgan fingerprint density at radius 2 is 0.727 bits per heavy atom. The highest BCUT2D eigenvalue weighted by molar-refractivity contribution is 5.81. The van der Waals surface area contributed by atoms with Gasteiger partial charge in [-0.05, 0) is 10.8 Å². The van der Waals surface area contributed by atoms with Crippen molar-refractivity contribution in [1.82, 2.24) is 0 Å². The normalized spacial score (nSPS) is 10.3. The Hall–Kier alpha value is -1.30. The Balaban J connectivity index is 0.000000222. The summed E-state index contributed by atoms with van der Waals surface area (Å²) in [7, 11) is 0. The molecule has 0 bridgehead atoms. The Labute approximate surface area is 137 Å². The van der Waals surface area contributed by atoms with E-state index in [0.29, 0.717) is 0 Å². The second-order valence-corrected chi connectivity index (χ2v) is 6.18. The Morgan fingerprint density at radius 3 is 1.00 bits per heavy atom. The quantitative estimate of drug-likeness (QED) is 0.415. The first-order chi connectivity index (χ1) is 10.9. The summed E-state index contributed by atoms with van der Waals surface area (Å²) in [5, 5.41) is 2.62. The molecule has 0 atom stereocenters. The van der Waals surface area contributed by atoms with Crippen LogP contribution in [0.5, 0.6) is 0 Å². The van der Waals surface area contributed by atoms with Crippen LogP contribution in [0.25, 0.3) is 10.8 Å². The molecule has 0 N–H and O–H groups in total. The van der Waals surface area contributed by atoms with E-state index in [0.717, 1.165) is 0 Å². The molecule has 0 radical (unpaired) electrons. The summed E-state index contributed by atoms with van der Waals surface area (Å²) >= 11 is 0. The van der Waals surface area contributed by atoms with Gasteiger partial charge in [-0.15, -0.1) is 0 Å². The van der Waals surface area contributed by atoms with Crippen molar-refractivity contribution in [3.8, 4) is 0 Å². The van der Waals surface area contributed by atoms with Gasteiger partial charge in [0, 0.05) is 0 Å². The van der Waals surface area contributed by atoms with Gasteiger partial charge in [-0.1, -0.05) is 127 Å². The molecular formula is C22H34. The lowest BCUT2D eigenvalue weighted by molar-refractivity contribution is 0.562. The van der Waals surface area contributed by atoms with Crippen LogP contribution < -0.4 is 0 Å². The summed E-state index contributed by atoms with van der Waals surface area (Å²) in [6.07, 6.45) is 14.4. The van der Waals surface area contributed by atoms with Gasteiger partial charge in [0.2, 0.25) is 0 Å². The van der Waals surface area contributed by atoms with Crippen LogP contribution in [0, 0.1) is 0 Å². The van der Waals surface area contributed by atoms with Crippen LogP contribution in [0.4, 0.5) is 0 Å². The lowest BCUT2D eigenvalue weighted by Crippen LogP contribution is -1.80. The topological polar surface area (TPSA) is 0 Å². The molecule has 0 spiro atoms. The summed E-state index contributed by atoms with van der Waals surface area (Å²) in [5.74, 6) is 0. The van der Waals surface area contributed by atoms with E-state index in [1.54, 1.807) is 0 Å². The molecule has 22 heavy (non-hydrogen) atoms. The number of hydrogen-bond donors (Lipinski definition) is 0. The minimum Gasteiger partial charge on any atom is -0.0654 e. The van der Waals surface area contributed by atoms with Gasteiger partial charge in [-0.2, -0.15) is 0 Å². The van der Waals surface area contributed by atoms with E-state index in [2.05, 4.69) is 62.4 Å². The van der Waals surface area contributed by atoms with Gasteiger partial charge in [0.15, 0.2) is 0 Å². The molecule has 0 saturated heterocycles. The second kappa shape index (κ2) is 13.4. The van der Waals surface area contributed by atoms with Gasteiger partial charge >= 0.3 is 0 Å². The molecule has 2 aromatic rings. The van der Waals surface area contributed by atoms with Crippen LogP contribution in [0.1, 0.15) is 78.1 Å². The van der Waals surface area contributed by atoms with Gasteiger partial charge in [0.25, 0.3) is 0 Å². The first kappa shape index (κ1) is 18.7. The summed E-state index contributed by atoms with van der Waals surface area (Å²) < 4.78 is 0. The van der Waals surface area contributed by atoms with E-state index in [9.17, 15) is 0 Å².